The van der Waals surface area contributed by atoms with Crippen LogP contribution in [0.3, 0.4) is 0 Å². The van der Waals surface area contributed by atoms with E-state index in [9.17, 15) is 0 Å². The fourth-order valence-corrected chi connectivity index (χ4v) is 2.07. The molecular formula is C13H15N3O. The van der Waals surface area contributed by atoms with Gasteiger partial charge in [-0.3, -0.25) is 5.41 Å². The molecule has 2 aromatic rings. The van der Waals surface area contributed by atoms with Crippen LogP contribution < -0.4 is 10.5 Å². The zero-order chi connectivity index (χ0) is 12.6. The number of fused-ring (bicyclic) bond motifs is 1. The Morgan fingerprint density at radius 2 is 2.06 bits per heavy atom. The number of nitrogens with one attached hydrogen (secondary N) is 1. The van der Waals surface area contributed by atoms with Crippen LogP contribution in [0.4, 0.5) is 0 Å². The van der Waals surface area contributed by atoms with E-state index in [1.807, 2.05) is 19.9 Å². The third-order valence-corrected chi connectivity index (χ3v) is 2.76. The van der Waals surface area contributed by atoms with Gasteiger partial charge in [0.15, 0.2) is 0 Å². The predicted octanol–water partition coefficient (Wildman–Crippen LogP) is 2.14. The monoisotopic (exact) mass is 229 g/mol. The normalized spacial score (nSPS) is 10.5. The van der Waals surface area contributed by atoms with Gasteiger partial charge in [-0.05, 0) is 37.6 Å². The van der Waals surface area contributed by atoms with Crippen molar-refractivity contribution in [1.82, 2.24) is 4.98 Å². The van der Waals surface area contributed by atoms with Crippen LogP contribution in [-0.2, 0) is 0 Å². The minimum atomic E-state index is 0.0476. The van der Waals surface area contributed by atoms with Gasteiger partial charge in [-0.1, -0.05) is 0 Å². The number of nitrogens with two attached hydrogens (primary N) is 1. The van der Waals surface area contributed by atoms with Crippen molar-refractivity contribution >= 4 is 16.7 Å². The van der Waals surface area contributed by atoms with Crippen LogP contribution in [0.1, 0.15) is 16.8 Å². The second kappa shape index (κ2) is 4.05. The molecule has 0 spiro atoms. The molecule has 0 aliphatic heterocycles. The van der Waals surface area contributed by atoms with Crippen LogP contribution >= 0.6 is 0 Å². The minimum absolute atomic E-state index is 0.0476. The molecule has 0 fully saturated rings. The van der Waals surface area contributed by atoms with Gasteiger partial charge in [0, 0.05) is 16.6 Å². The predicted molar refractivity (Wildman–Crippen MR) is 68.8 cm³/mol. The second-order valence-electron chi connectivity index (χ2n) is 4.03. The first-order valence-electron chi connectivity index (χ1n) is 5.34. The number of ether oxygens (including phenoxy) is 1. The van der Waals surface area contributed by atoms with Crippen molar-refractivity contribution in [1.29, 1.82) is 5.41 Å². The summed E-state index contributed by atoms with van der Waals surface area (Å²) in [4.78, 5) is 4.47. The number of aromatic nitrogens is 1. The molecule has 0 amide bonds. The lowest BCUT2D eigenvalue weighted by Crippen LogP contribution is -2.12. The largest absolute Gasteiger partial charge is 0.494 e. The fourth-order valence-electron chi connectivity index (χ4n) is 2.07. The average Bonchev–Trinajstić information content (AvgIpc) is 2.27. The first-order valence-corrected chi connectivity index (χ1v) is 5.34. The van der Waals surface area contributed by atoms with E-state index in [2.05, 4.69) is 4.98 Å². The zero-order valence-electron chi connectivity index (χ0n) is 10.2. The number of hydrogen-bond acceptors (Lipinski definition) is 3. The number of nitrogen functional groups attached to an aromatic ring is 1. The molecule has 0 bridgehead atoms. The molecule has 0 atom stereocenters. The van der Waals surface area contributed by atoms with Gasteiger partial charge in [-0.2, -0.15) is 0 Å². The highest BCUT2D eigenvalue weighted by atomic mass is 16.5. The summed E-state index contributed by atoms with van der Waals surface area (Å²) in [5, 5.41) is 8.50. The van der Waals surface area contributed by atoms with E-state index >= 15 is 0 Å². The number of amidine groups is 1. The summed E-state index contributed by atoms with van der Waals surface area (Å²) in [5.41, 5.74) is 9.03. The van der Waals surface area contributed by atoms with Gasteiger partial charge in [0.1, 0.15) is 17.1 Å². The number of nitrogens with zero attached hydrogens (tertiary/aromatic N) is 1. The van der Waals surface area contributed by atoms with Crippen molar-refractivity contribution in [3.8, 4) is 5.75 Å². The van der Waals surface area contributed by atoms with Crippen LogP contribution in [0.5, 0.6) is 5.75 Å². The lowest BCUT2D eigenvalue weighted by molar-refractivity contribution is 0.419. The van der Waals surface area contributed by atoms with Gasteiger partial charge < -0.3 is 10.5 Å². The fraction of sp³-hybridized carbons (Fsp3) is 0.231. The molecular weight excluding hydrogens is 214 g/mol. The van der Waals surface area contributed by atoms with Crippen molar-refractivity contribution in [2.45, 2.75) is 13.8 Å². The molecule has 1 aromatic heterocycles. The van der Waals surface area contributed by atoms with E-state index in [0.29, 0.717) is 11.3 Å². The Morgan fingerprint density at radius 1 is 1.35 bits per heavy atom. The zero-order valence-corrected chi connectivity index (χ0v) is 10.2. The standard InChI is InChI=1S/C13H15N3O/c1-7-6-8(2)16-12-10(17-3)5-4-9(11(7)12)13(14)15/h4-6H,1-3H3,(H3,14,15). The van der Waals surface area contributed by atoms with Crippen LogP contribution in [0, 0.1) is 19.3 Å². The topological polar surface area (TPSA) is 72.0 Å². The van der Waals surface area contributed by atoms with Crippen molar-refractivity contribution in [2.24, 2.45) is 5.73 Å². The Hall–Kier alpha value is -2.10. The molecule has 17 heavy (non-hydrogen) atoms. The molecule has 3 N–H and O–H groups in total. The van der Waals surface area contributed by atoms with Crippen molar-refractivity contribution in [2.75, 3.05) is 7.11 Å². The molecule has 0 aliphatic carbocycles. The third-order valence-electron chi connectivity index (χ3n) is 2.76. The maximum absolute atomic E-state index is 7.60. The van der Waals surface area contributed by atoms with E-state index in [-0.39, 0.29) is 5.84 Å². The van der Waals surface area contributed by atoms with Gasteiger partial charge >= 0.3 is 0 Å². The SMILES string of the molecule is COc1ccc(C(=N)N)c2c(C)cc(C)nc12. The van der Waals surface area contributed by atoms with Gasteiger partial charge in [-0.15, -0.1) is 0 Å². The first kappa shape index (κ1) is 11.4. The van der Waals surface area contributed by atoms with Gasteiger partial charge in [-0.25, -0.2) is 4.98 Å². The molecule has 0 radical (unpaired) electrons. The van der Waals surface area contributed by atoms with Crippen LogP contribution in [0.2, 0.25) is 0 Å². The third kappa shape index (κ3) is 1.82. The summed E-state index contributed by atoms with van der Waals surface area (Å²) in [6, 6.07) is 5.58. The quantitative estimate of drug-likeness (QED) is 0.612. The maximum atomic E-state index is 7.60. The Bertz CT molecular complexity index is 605. The summed E-state index contributed by atoms with van der Waals surface area (Å²) < 4.78 is 5.30. The van der Waals surface area contributed by atoms with E-state index in [1.54, 1.807) is 19.2 Å². The number of methoxy groups -OCH3 is 1. The molecule has 1 heterocycles. The molecule has 1 aromatic carbocycles. The summed E-state index contributed by atoms with van der Waals surface area (Å²) in [6.07, 6.45) is 0. The van der Waals surface area contributed by atoms with Crippen molar-refractivity contribution < 1.29 is 4.74 Å². The Labute approximate surface area is 99.9 Å². The summed E-state index contributed by atoms with van der Waals surface area (Å²) >= 11 is 0. The molecule has 0 unspecified atom stereocenters. The Morgan fingerprint density at radius 3 is 2.65 bits per heavy atom. The summed E-state index contributed by atoms with van der Waals surface area (Å²) in [6.45, 7) is 3.93. The van der Waals surface area contributed by atoms with Crippen LogP contribution in [0.25, 0.3) is 10.9 Å². The number of rotatable bonds is 2. The van der Waals surface area contributed by atoms with Gasteiger partial charge in [0.2, 0.25) is 0 Å². The smallest absolute Gasteiger partial charge is 0.145 e. The summed E-state index contributed by atoms with van der Waals surface area (Å²) in [5.74, 6) is 0.753. The molecule has 88 valence electrons. The summed E-state index contributed by atoms with van der Waals surface area (Å²) in [7, 11) is 1.61. The van der Waals surface area contributed by atoms with E-state index in [0.717, 1.165) is 22.2 Å². The molecule has 0 aliphatic rings. The van der Waals surface area contributed by atoms with Crippen LogP contribution in [0.15, 0.2) is 18.2 Å². The lowest BCUT2D eigenvalue weighted by atomic mass is 10.0. The number of pyridine rings is 1. The van der Waals surface area contributed by atoms with Crippen molar-refractivity contribution in [3.63, 3.8) is 0 Å². The molecule has 0 saturated heterocycles. The second-order valence-corrected chi connectivity index (χ2v) is 4.03. The molecule has 4 nitrogen and oxygen atoms in total. The van der Waals surface area contributed by atoms with Crippen LogP contribution in [-0.4, -0.2) is 17.9 Å². The first-order chi connectivity index (χ1) is 8.04. The van der Waals surface area contributed by atoms with Gasteiger partial charge in [0.25, 0.3) is 0 Å². The molecule has 0 saturated carbocycles. The lowest BCUT2D eigenvalue weighted by Gasteiger charge is -2.12. The van der Waals surface area contributed by atoms with Gasteiger partial charge in [0.05, 0.1) is 7.11 Å². The Balaban J connectivity index is 2.95. The minimum Gasteiger partial charge on any atom is -0.494 e. The van der Waals surface area contributed by atoms with E-state index in [1.165, 1.54) is 0 Å². The highest BCUT2D eigenvalue weighted by Crippen LogP contribution is 2.29. The number of benzene rings is 1. The molecule has 2 rings (SSSR count). The number of hydrogen-bond donors (Lipinski definition) is 2. The average molecular weight is 229 g/mol. The van der Waals surface area contributed by atoms with Crippen molar-refractivity contribution in [3.05, 3.63) is 35.0 Å². The molecule has 4 heteroatoms. The Kier molecular flexibility index (Phi) is 2.71. The number of aryl methyl sites for hydroxylation is 2. The van der Waals surface area contributed by atoms with E-state index in [4.69, 9.17) is 15.9 Å². The highest BCUT2D eigenvalue weighted by molar-refractivity contribution is 6.09. The maximum Gasteiger partial charge on any atom is 0.145 e. The van der Waals surface area contributed by atoms with E-state index < -0.39 is 0 Å². The highest BCUT2D eigenvalue weighted by Gasteiger charge is 2.12.